The molecule has 0 atom stereocenters. The highest BCUT2D eigenvalue weighted by Crippen LogP contribution is 2.36. The van der Waals surface area contributed by atoms with Gasteiger partial charge in [0.15, 0.2) is 0 Å². The lowest BCUT2D eigenvalue weighted by Crippen LogP contribution is -2.66. The molecule has 0 N–H and O–H groups in total. The van der Waals surface area contributed by atoms with Crippen LogP contribution in [0.4, 0.5) is 0 Å². The molecule has 0 fully saturated rings. The van der Waals surface area contributed by atoms with E-state index in [0.717, 1.165) is 12.8 Å². The van der Waals surface area contributed by atoms with Gasteiger partial charge in [-0.2, -0.15) is 0 Å². The second-order valence-corrected chi connectivity index (χ2v) is 13.9. The molecule has 176 valence electrons. The Labute approximate surface area is 196 Å². The quantitative estimate of drug-likeness (QED) is 0.192. The van der Waals surface area contributed by atoms with Crippen LogP contribution in [0.15, 0.2) is 60.7 Å². The highest BCUT2D eigenvalue weighted by atomic mass is 28.4. The molecule has 2 aromatic rings. The number of unbranched alkanes of at least 4 members (excludes halogenated alkanes) is 6. The number of carbonyl (C=O) groups excluding carboxylic acids is 1. The lowest BCUT2D eigenvalue weighted by atomic mass is 10.1. The maximum Gasteiger partial charge on any atom is 0.305 e. The van der Waals surface area contributed by atoms with Gasteiger partial charge in [-0.3, -0.25) is 4.79 Å². The SMILES string of the molecule is CCCCCCCCCC(=O)OCCO[Si](c1ccccc1)(c1ccccc1)C(C)(C)C. The summed E-state index contributed by atoms with van der Waals surface area (Å²) in [5.74, 6) is -0.107. The molecule has 0 bridgehead atoms. The molecule has 3 nitrogen and oxygen atoms in total. The number of esters is 1. The lowest BCUT2D eigenvalue weighted by Gasteiger charge is -2.43. The zero-order valence-corrected chi connectivity index (χ0v) is 21.6. The zero-order valence-electron chi connectivity index (χ0n) is 20.6. The van der Waals surface area contributed by atoms with Crippen LogP contribution in [0.25, 0.3) is 0 Å². The van der Waals surface area contributed by atoms with Crippen LogP contribution in [0.1, 0.15) is 79.1 Å². The van der Waals surface area contributed by atoms with Crippen molar-refractivity contribution in [1.82, 2.24) is 0 Å². The standard InChI is InChI=1S/C28H42O3Si/c1-5-6-7-8-9-10-17-22-27(29)30-23-24-31-32(28(2,3)4,25-18-13-11-14-19-25)26-20-15-12-16-21-26/h11-16,18-21H,5-10,17,22-24H2,1-4H3. The summed E-state index contributed by atoms with van der Waals surface area (Å²) in [5, 5.41) is 2.42. The van der Waals surface area contributed by atoms with E-state index in [2.05, 4.69) is 76.2 Å². The molecular formula is C28H42O3Si. The molecule has 0 saturated heterocycles. The van der Waals surface area contributed by atoms with E-state index in [0.29, 0.717) is 19.6 Å². The average molecular weight is 455 g/mol. The fourth-order valence-corrected chi connectivity index (χ4v) is 8.96. The second kappa shape index (κ2) is 13.6. The smallest absolute Gasteiger partial charge is 0.305 e. The molecule has 0 spiro atoms. The van der Waals surface area contributed by atoms with Crippen molar-refractivity contribution in [3.63, 3.8) is 0 Å². The first-order valence-corrected chi connectivity index (χ1v) is 14.2. The predicted octanol–water partition coefficient (Wildman–Crippen LogP) is 6.25. The Kier molecular flexibility index (Phi) is 11.2. The third-order valence-corrected chi connectivity index (χ3v) is 11.1. The Morgan fingerprint density at radius 1 is 0.750 bits per heavy atom. The molecule has 0 saturated carbocycles. The molecule has 0 amide bonds. The fraction of sp³-hybridized carbons (Fsp3) is 0.536. The molecular weight excluding hydrogens is 412 g/mol. The number of ether oxygens (including phenoxy) is 1. The topological polar surface area (TPSA) is 35.5 Å². The highest BCUT2D eigenvalue weighted by molar-refractivity contribution is 6.99. The molecule has 0 aliphatic rings. The summed E-state index contributed by atoms with van der Waals surface area (Å²) in [5.41, 5.74) is 0. The van der Waals surface area contributed by atoms with Crippen molar-refractivity contribution in [1.29, 1.82) is 0 Å². The Bertz CT molecular complexity index is 729. The molecule has 0 unspecified atom stereocenters. The average Bonchev–Trinajstić information content (AvgIpc) is 2.79. The third-order valence-electron chi connectivity index (χ3n) is 6.07. The molecule has 0 radical (unpaired) electrons. The summed E-state index contributed by atoms with van der Waals surface area (Å²) in [6.45, 7) is 9.71. The summed E-state index contributed by atoms with van der Waals surface area (Å²) in [6.07, 6.45) is 8.90. The van der Waals surface area contributed by atoms with Gasteiger partial charge < -0.3 is 9.16 Å². The van der Waals surface area contributed by atoms with Crippen LogP contribution in [0.5, 0.6) is 0 Å². The molecule has 0 heterocycles. The van der Waals surface area contributed by atoms with Crippen LogP contribution in [0.2, 0.25) is 5.04 Å². The van der Waals surface area contributed by atoms with Crippen LogP contribution in [-0.4, -0.2) is 27.5 Å². The van der Waals surface area contributed by atoms with Crippen molar-refractivity contribution in [3.8, 4) is 0 Å². The number of benzene rings is 2. The van der Waals surface area contributed by atoms with E-state index < -0.39 is 8.32 Å². The van der Waals surface area contributed by atoms with Crippen LogP contribution in [0, 0.1) is 0 Å². The van der Waals surface area contributed by atoms with Gasteiger partial charge in [0.2, 0.25) is 0 Å². The molecule has 32 heavy (non-hydrogen) atoms. The van der Waals surface area contributed by atoms with Gasteiger partial charge in [0.1, 0.15) is 6.61 Å². The van der Waals surface area contributed by atoms with Crippen LogP contribution >= 0.6 is 0 Å². The van der Waals surface area contributed by atoms with E-state index in [-0.39, 0.29) is 11.0 Å². The number of rotatable bonds is 14. The molecule has 0 aliphatic heterocycles. The van der Waals surface area contributed by atoms with Crippen molar-refractivity contribution in [3.05, 3.63) is 60.7 Å². The van der Waals surface area contributed by atoms with Gasteiger partial charge >= 0.3 is 5.97 Å². The fourth-order valence-electron chi connectivity index (χ4n) is 4.41. The molecule has 4 heteroatoms. The van der Waals surface area contributed by atoms with E-state index in [1.54, 1.807) is 0 Å². The molecule has 2 rings (SSSR count). The summed E-state index contributed by atoms with van der Waals surface area (Å²) < 4.78 is 12.3. The second-order valence-electron chi connectivity index (χ2n) is 9.60. The molecule has 2 aromatic carbocycles. The van der Waals surface area contributed by atoms with Crippen LogP contribution < -0.4 is 10.4 Å². The summed E-state index contributed by atoms with van der Waals surface area (Å²) in [4.78, 5) is 12.2. The van der Waals surface area contributed by atoms with Gasteiger partial charge in [0, 0.05) is 6.42 Å². The minimum atomic E-state index is -2.56. The minimum absolute atomic E-state index is 0.0719. The van der Waals surface area contributed by atoms with Gasteiger partial charge in [-0.25, -0.2) is 0 Å². The first-order chi connectivity index (χ1) is 15.4. The zero-order chi connectivity index (χ0) is 23.3. The van der Waals surface area contributed by atoms with Gasteiger partial charge in [-0.1, -0.05) is 127 Å². The minimum Gasteiger partial charge on any atom is -0.463 e. The van der Waals surface area contributed by atoms with Crippen molar-refractivity contribution in [2.24, 2.45) is 0 Å². The summed E-state index contributed by atoms with van der Waals surface area (Å²) in [7, 11) is -2.56. The Hall–Kier alpha value is -1.91. The van der Waals surface area contributed by atoms with E-state index in [1.165, 1.54) is 42.5 Å². The molecule has 0 aliphatic carbocycles. The normalized spacial score (nSPS) is 12.0. The van der Waals surface area contributed by atoms with Gasteiger partial charge in [-0.15, -0.1) is 0 Å². The van der Waals surface area contributed by atoms with E-state index >= 15 is 0 Å². The van der Waals surface area contributed by atoms with E-state index in [1.807, 2.05) is 12.1 Å². The van der Waals surface area contributed by atoms with Crippen LogP contribution in [0.3, 0.4) is 0 Å². The van der Waals surface area contributed by atoms with Crippen molar-refractivity contribution >= 4 is 24.7 Å². The van der Waals surface area contributed by atoms with E-state index in [9.17, 15) is 4.79 Å². The third kappa shape index (κ3) is 7.60. The van der Waals surface area contributed by atoms with Crippen molar-refractivity contribution < 1.29 is 14.0 Å². The monoisotopic (exact) mass is 454 g/mol. The van der Waals surface area contributed by atoms with Gasteiger partial charge in [0.25, 0.3) is 8.32 Å². The Balaban J connectivity index is 1.94. The van der Waals surface area contributed by atoms with Gasteiger partial charge in [-0.05, 0) is 21.8 Å². The van der Waals surface area contributed by atoms with E-state index in [4.69, 9.17) is 9.16 Å². The number of hydrogen-bond donors (Lipinski definition) is 0. The van der Waals surface area contributed by atoms with Gasteiger partial charge in [0.05, 0.1) is 6.61 Å². The molecule has 0 aromatic heterocycles. The first kappa shape index (κ1) is 26.3. The summed E-state index contributed by atoms with van der Waals surface area (Å²) >= 11 is 0. The van der Waals surface area contributed by atoms with Crippen molar-refractivity contribution in [2.45, 2.75) is 84.1 Å². The highest BCUT2D eigenvalue weighted by Gasteiger charge is 2.50. The van der Waals surface area contributed by atoms with Crippen LogP contribution in [-0.2, 0) is 14.0 Å². The summed E-state index contributed by atoms with van der Waals surface area (Å²) in [6, 6.07) is 21.1. The largest absolute Gasteiger partial charge is 0.463 e. The number of carbonyl (C=O) groups is 1. The maximum absolute atomic E-state index is 12.2. The Morgan fingerprint density at radius 3 is 1.75 bits per heavy atom. The predicted molar refractivity (Wildman–Crippen MR) is 137 cm³/mol. The van der Waals surface area contributed by atoms with Crippen molar-refractivity contribution in [2.75, 3.05) is 13.2 Å². The number of hydrogen-bond acceptors (Lipinski definition) is 3. The maximum atomic E-state index is 12.2. The first-order valence-electron chi connectivity index (χ1n) is 12.3. The Morgan fingerprint density at radius 2 is 1.25 bits per heavy atom. The lowest BCUT2D eigenvalue weighted by molar-refractivity contribution is -0.144.